The molecule has 0 atom stereocenters. The summed E-state index contributed by atoms with van der Waals surface area (Å²) >= 11 is 0. The fourth-order valence-corrected chi connectivity index (χ4v) is 1.22. The first-order valence-corrected chi connectivity index (χ1v) is 4.77. The molecule has 1 rings (SSSR count). The SMILES string of the molecule is C=CC(=O)NCCCc1ccccc1. The van der Waals surface area contributed by atoms with Crippen molar-refractivity contribution < 1.29 is 4.79 Å². The summed E-state index contributed by atoms with van der Waals surface area (Å²) < 4.78 is 0. The molecular formula is C12H15NO. The Bertz CT molecular complexity index is 292. The van der Waals surface area contributed by atoms with Gasteiger partial charge in [0.1, 0.15) is 0 Å². The number of hydrogen-bond acceptors (Lipinski definition) is 1. The van der Waals surface area contributed by atoms with Gasteiger partial charge in [-0.2, -0.15) is 0 Å². The number of hydrogen-bond donors (Lipinski definition) is 1. The van der Waals surface area contributed by atoms with Gasteiger partial charge in [0.25, 0.3) is 0 Å². The molecule has 0 aliphatic heterocycles. The van der Waals surface area contributed by atoms with Crippen molar-refractivity contribution in [1.29, 1.82) is 0 Å². The van der Waals surface area contributed by atoms with Crippen LogP contribution in [0.1, 0.15) is 12.0 Å². The maximum Gasteiger partial charge on any atom is 0.243 e. The normalized spacial score (nSPS) is 9.43. The van der Waals surface area contributed by atoms with Gasteiger partial charge in [0.05, 0.1) is 0 Å². The molecule has 1 amide bonds. The predicted molar refractivity (Wildman–Crippen MR) is 58.0 cm³/mol. The Kier molecular flexibility index (Phi) is 4.48. The summed E-state index contributed by atoms with van der Waals surface area (Å²) in [7, 11) is 0. The zero-order chi connectivity index (χ0) is 10.2. The molecule has 1 N–H and O–H groups in total. The molecule has 0 spiro atoms. The molecule has 0 aromatic heterocycles. The Morgan fingerprint density at radius 2 is 2.07 bits per heavy atom. The maximum atomic E-state index is 10.8. The van der Waals surface area contributed by atoms with Gasteiger partial charge in [-0.05, 0) is 24.5 Å². The van der Waals surface area contributed by atoms with E-state index in [1.54, 1.807) is 0 Å². The number of carbonyl (C=O) groups is 1. The van der Waals surface area contributed by atoms with Crippen molar-refractivity contribution in [3.05, 3.63) is 48.6 Å². The summed E-state index contributed by atoms with van der Waals surface area (Å²) in [4.78, 5) is 10.8. The van der Waals surface area contributed by atoms with E-state index in [1.807, 2.05) is 18.2 Å². The van der Waals surface area contributed by atoms with Crippen LogP contribution in [0.3, 0.4) is 0 Å². The fourth-order valence-electron chi connectivity index (χ4n) is 1.22. The van der Waals surface area contributed by atoms with Crippen molar-refractivity contribution in [2.24, 2.45) is 0 Å². The highest BCUT2D eigenvalue weighted by molar-refractivity contribution is 5.86. The van der Waals surface area contributed by atoms with Gasteiger partial charge in [0.2, 0.25) is 5.91 Å². The van der Waals surface area contributed by atoms with Crippen molar-refractivity contribution in [3.8, 4) is 0 Å². The van der Waals surface area contributed by atoms with Crippen molar-refractivity contribution >= 4 is 5.91 Å². The van der Waals surface area contributed by atoms with E-state index in [0.717, 1.165) is 12.8 Å². The highest BCUT2D eigenvalue weighted by atomic mass is 16.1. The van der Waals surface area contributed by atoms with E-state index in [9.17, 15) is 4.79 Å². The minimum absolute atomic E-state index is 0.0990. The lowest BCUT2D eigenvalue weighted by Crippen LogP contribution is -2.22. The number of aryl methyl sites for hydroxylation is 1. The molecule has 14 heavy (non-hydrogen) atoms. The lowest BCUT2D eigenvalue weighted by Gasteiger charge is -2.02. The zero-order valence-electron chi connectivity index (χ0n) is 8.20. The van der Waals surface area contributed by atoms with Crippen molar-refractivity contribution in [1.82, 2.24) is 5.32 Å². The van der Waals surface area contributed by atoms with E-state index in [-0.39, 0.29) is 5.91 Å². The number of amides is 1. The summed E-state index contributed by atoms with van der Waals surface area (Å²) in [6, 6.07) is 10.2. The van der Waals surface area contributed by atoms with E-state index in [4.69, 9.17) is 0 Å². The molecule has 2 nitrogen and oxygen atoms in total. The zero-order valence-corrected chi connectivity index (χ0v) is 8.20. The van der Waals surface area contributed by atoms with E-state index in [1.165, 1.54) is 11.6 Å². The standard InChI is InChI=1S/C12H15NO/c1-2-12(14)13-10-6-9-11-7-4-3-5-8-11/h2-5,7-8H,1,6,9-10H2,(H,13,14). The topological polar surface area (TPSA) is 29.1 Å². The predicted octanol–water partition coefficient (Wildman–Crippen LogP) is 1.92. The fraction of sp³-hybridized carbons (Fsp3) is 0.250. The molecule has 0 unspecified atom stereocenters. The maximum absolute atomic E-state index is 10.8. The van der Waals surface area contributed by atoms with Crippen LogP contribution >= 0.6 is 0 Å². The van der Waals surface area contributed by atoms with Crippen LogP contribution in [0.5, 0.6) is 0 Å². The first kappa shape index (κ1) is 10.5. The molecule has 0 saturated carbocycles. The summed E-state index contributed by atoms with van der Waals surface area (Å²) in [5.41, 5.74) is 1.31. The Morgan fingerprint density at radius 3 is 2.71 bits per heavy atom. The second-order valence-corrected chi connectivity index (χ2v) is 3.08. The average Bonchev–Trinajstić information content (AvgIpc) is 2.25. The summed E-state index contributed by atoms with van der Waals surface area (Å²) in [6.07, 6.45) is 3.25. The van der Waals surface area contributed by atoms with Crippen LogP contribution in [-0.4, -0.2) is 12.5 Å². The smallest absolute Gasteiger partial charge is 0.243 e. The van der Waals surface area contributed by atoms with Crippen molar-refractivity contribution in [3.63, 3.8) is 0 Å². The number of nitrogens with one attached hydrogen (secondary N) is 1. The first-order valence-electron chi connectivity index (χ1n) is 4.77. The Hall–Kier alpha value is -1.57. The minimum atomic E-state index is -0.0990. The van der Waals surface area contributed by atoms with Crippen LogP contribution in [0.25, 0.3) is 0 Å². The molecule has 1 aromatic rings. The molecule has 0 aliphatic carbocycles. The lowest BCUT2D eigenvalue weighted by molar-refractivity contribution is -0.116. The molecule has 0 fully saturated rings. The number of rotatable bonds is 5. The van der Waals surface area contributed by atoms with Gasteiger partial charge in [-0.25, -0.2) is 0 Å². The van der Waals surface area contributed by atoms with Crippen LogP contribution in [0.4, 0.5) is 0 Å². The van der Waals surface area contributed by atoms with Gasteiger partial charge in [0.15, 0.2) is 0 Å². The Labute approximate surface area is 84.6 Å². The van der Waals surface area contributed by atoms with Crippen molar-refractivity contribution in [2.75, 3.05) is 6.54 Å². The third-order valence-corrected chi connectivity index (χ3v) is 1.97. The summed E-state index contributed by atoms with van der Waals surface area (Å²) in [5, 5.41) is 2.75. The van der Waals surface area contributed by atoms with E-state index in [0.29, 0.717) is 6.54 Å². The third-order valence-electron chi connectivity index (χ3n) is 1.97. The first-order chi connectivity index (χ1) is 6.83. The molecule has 0 saturated heterocycles. The van der Waals surface area contributed by atoms with Gasteiger partial charge in [0, 0.05) is 6.54 Å². The van der Waals surface area contributed by atoms with Gasteiger partial charge >= 0.3 is 0 Å². The lowest BCUT2D eigenvalue weighted by atomic mass is 10.1. The second kappa shape index (κ2) is 5.97. The van der Waals surface area contributed by atoms with Gasteiger partial charge < -0.3 is 5.32 Å². The van der Waals surface area contributed by atoms with E-state index < -0.39 is 0 Å². The Balaban J connectivity index is 2.16. The van der Waals surface area contributed by atoms with Crippen LogP contribution in [-0.2, 0) is 11.2 Å². The second-order valence-electron chi connectivity index (χ2n) is 3.08. The molecule has 0 radical (unpaired) electrons. The summed E-state index contributed by atoms with van der Waals surface area (Å²) in [6.45, 7) is 4.09. The molecular weight excluding hydrogens is 174 g/mol. The van der Waals surface area contributed by atoms with Gasteiger partial charge in [-0.3, -0.25) is 4.79 Å². The third kappa shape index (κ3) is 3.90. The molecule has 0 bridgehead atoms. The largest absolute Gasteiger partial charge is 0.353 e. The quantitative estimate of drug-likeness (QED) is 0.556. The number of carbonyl (C=O) groups excluding carboxylic acids is 1. The van der Waals surface area contributed by atoms with Gasteiger partial charge in [-0.1, -0.05) is 36.9 Å². The highest BCUT2D eigenvalue weighted by Gasteiger charge is 1.94. The van der Waals surface area contributed by atoms with Crippen LogP contribution in [0.15, 0.2) is 43.0 Å². The van der Waals surface area contributed by atoms with Gasteiger partial charge in [-0.15, -0.1) is 0 Å². The summed E-state index contributed by atoms with van der Waals surface area (Å²) in [5.74, 6) is -0.0990. The molecule has 74 valence electrons. The molecule has 0 aliphatic rings. The molecule has 1 aromatic carbocycles. The van der Waals surface area contributed by atoms with Crippen LogP contribution in [0, 0.1) is 0 Å². The molecule has 0 heterocycles. The van der Waals surface area contributed by atoms with E-state index in [2.05, 4.69) is 24.0 Å². The average molecular weight is 189 g/mol. The van der Waals surface area contributed by atoms with E-state index >= 15 is 0 Å². The highest BCUT2D eigenvalue weighted by Crippen LogP contribution is 2.01. The molecule has 2 heteroatoms. The monoisotopic (exact) mass is 189 g/mol. The van der Waals surface area contributed by atoms with Crippen LogP contribution < -0.4 is 5.32 Å². The van der Waals surface area contributed by atoms with Crippen LogP contribution in [0.2, 0.25) is 0 Å². The Morgan fingerprint density at radius 1 is 1.36 bits per heavy atom. The minimum Gasteiger partial charge on any atom is -0.353 e. The number of benzene rings is 1. The van der Waals surface area contributed by atoms with Crippen molar-refractivity contribution in [2.45, 2.75) is 12.8 Å².